The van der Waals surface area contributed by atoms with Crippen LogP contribution in [0, 0.1) is 0 Å². The Morgan fingerprint density at radius 3 is 2.48 bits per heavy atom. The summed E-state index contributed by atoms with van der Waals surface area (Å²) in [5, 5.41) is 3.28. The van der Waals surface area contributed by atoms with Gasteiger partial charge < -0.3 is 11.1 Å². The van der Waals surface area contributed by atoms with Crippen molar-refractivity contribution in [3.8, 4) is 0 Å². The molecule has 21 heavy (non-hydrogen) atoms. The Balaban J connectivity index is 1.59. The minimum atomic E-state index is 0.0344. The van der Waals surface area contributed by atoms with Crippen molar-refractivity contribution in [1.29, 1.82) is 0 Å². The third-order valence-electron chi connectivity index (χ3n) is 3.44. The summed E-state index contributed by atoms with van der Waals surface area (Å²) in [5.74, 6) is 0.786. The van der Waals surface area contributed by atoms with Gasteiger partial charge in [-0.15, -0.1) is 0 Å². The van der Waals surface area contributed by atoms with E-state index in [1.54, 1.807) is 6.20 Å². The first-order valence-electron chi connectivity index (χ1n) is 7.09. The van der Waals surface area contributed by atoms with Crippen LogP contribution in [0.2, 0.25) is 0 Å². The van der Waals surface area contributed by atoms with E-state index in [0.29, 0.717) is 0 Å². The zero-order valence-corrected chi connectivity index (χ0v) is 11.7. The van der Waals surface area contributed by atoms with Gasteiger partial charge in [0.1, 0.15) is 5.82 Å². The number of nitrogens with two attached hydrogens (primary N) is 1. The average molecular weight is 278 g/mol. The Morgan fingerprint density at radius 2 is 1.67 bits per heavy atom. The van der Waals surface area contributed by atoms with E-state index in [0.717, 1.165) is 35.4 Å². The molecule has 3 N–H and O–H groups in total. The highest BCUT2D eigenvalue weighted by molar-refractivity contribution is 5.75. The van der Waals surface area contributed by atoms with E-state index in [1.165, 1.54) is 0 Å². The maximum Gasteiger partial charge on any atom is 0.145 e. The predicted molar refractivity (Wildman–Crippen MR) is 86.0 cm³/mol. The molecule has 0 spiro atoms. The molecule has 0 amide bonds. The van der Waals surface area contributed by atoms with Crippen LogP contribution >= 0.6 is 0 Å². The summed E-state index contributed by atoms with van der Waals surface area (Å²) in [7, 11) is 0. The number of anilines is 1. The van der Waals surface area contributed by atoms with Gasteiger partial charge >= 0.3 is 0 Å². The molecule has 1 heterocycles. The largest absolute Gasteiger partial charge is 0.369 e. The van der Waals surface area contributed by atoms with Gasteiger partial charge in [-0.25, -0.2) is 4.98 Å². The molecule has 0 saturated heterocycles. The SMILES string of the molecule is NC(CCNc1cnc2ccccc2n1)c1ccccc1. The van der Waals surface area contributed by atoms with Gasteiger partial charge in [0.25, 0.3) is 0 Å². The monoisotopic (exact) mass is 278 g/mol. The van der Waals surface area contributed by atoms with Crippen LogP contribution in [-0.2, 0) is 0 Å². The van der Waals surface area contributed by atoms with Crippen LogP contribution in [0.3, 0.4) is 0 Å². The molecule has 0 radical (unpaired) electrons. The van der Waals surface area contributed by atoms with Gasteiger partial charge in [0, 0.05) is 12.6 Å². The molecule has 2 aromatic carbocycles. The number of para-hydroxylation sites is 2. The van der Waals surface area contributed by atoms with Crippen molar-refractivity contribution in [2.75, 3.05) is 11.9 Å². The molecule has 1 atom stereocenters. The molecule has 0 aliphatic carbocycles. The summed E-state index contributed by atoms with van der Waals surface area (Å²) in [6.07, 6.45) is 2.61. The average Bonchev–Trinajstić information content (AvgIpc) is 2.55. The third kappa shape index (κ3) is 3.35. The van der Waals surface area contributed by atoms with Crippen molar-refractivity contribution in [3.63, 3.8) is 0 Å². The fraction of sp³-hybridized carbons (Fsp3) is 0.176. The Hall–Kier alpha value is -2.46. The second kappa shape index (κ2) is 6.33. The van der Waals surface area contributed by atoms with Crippen LogP contribution in [0.1, 0.15) is 18.0 Å². The van der Waals surface area contributed by atoms with Crippen molar-refractivity contribution in [2.24, 2.45) is 5.73 Å². The molecule has 0 aliphatic heterocycles. The summed E-state index contributed by atoms with van der Waals surface area (Å²) in [6, 6.07) is 18.0. The molecule has 0 fully saturated rings. The van der Waals surface area contributed by atoms with Gasteiger partial charge in [-0.3, -0.25) is 4.98 Å². The highest BCUT2D eigenvalue weighted by Gasteiger charge is 2.05. The third-order valence-corrected chi connectivity index (χ3v) is 3.44. The fourth-order valence-electron chi connectivity index (χ4n) is 2.27. The number of nitrogens with one attached hydrogen (secondary N) is 1. The first-order chi connectivity index (χ1) is 10.3. The van der Waals surface area contributed by atoms with Gasteiger partial charge in [-0.1, -0.05) is 42.5 Å². The molecule has 0 saturated carbocycles. The van der Waals surface area contributed by atoms with Crippen LogP contribution in [0.15, 0.2) is 60.8 Å². The summed E-state index contributed by atoms with van der Waals surface area (Å²) in [5.41, 5.74) is 9.13. The number of nitrogens with zero attached hydrogens (tertiary/aromatic N) is 2. The highest BCUT2D eigenvalue weighted by Crippen LogP contribution is 2.14. The molecule has 0 aliphatic rings. The molecule has 3 rings (SSSR count). The minimum Gasteiger partial charge on any atom is -0.369 e. The summed E-state index contributed by atoms with van der Waals surface area (Å²) in [6.45, 7) is 0.767. The van der Waals surface area contributed by atoms with Gasteiger partial charge in [0.15, 0.2) is 0 Å². The summed E-state index contributed by atoms with van der Waals surface area (Å²) < 4.78 is 0. The quantitative estimate of drug-likeness (QED) is 0.752. The number of rotatable bonds is 5. The molecular formula is C17H18N4. The second-order valence-corrected chi connectivity index (χ2v) is 4.98. The lowest BCUT2D eigenvalue weighted by atomic mass is 10.1. The maximum atomic E-state index is 6.17. The zero-order chi connectivity index (χ0) is 14.5. The molecule has 4 heteroatoms. The number of fused-ring (bicyclic) bond motifs is 1. The van der Waals surface area contributed by atoms with Crippen LogP contribution in [0.5, 0.6) is 0 Å². The topological polar surface area (TPSA) is 63.8 Å². The lowest BCUT2D eigenvalue weighted by Crippen LogP contribution is -2.15. The van der Waals surface area contributed by atoms with Crippen LogP contribution < -0.4 is 11.1 Å². The highest BCUT2D eigenvalue weighted by atomic mass is 15.0. The van der Waals surface area contributed by atoms with E-state index < -0.39 is 0 Å². The minimum absolute atomic E-state index is 0.0344. The number of aromatic nitrogens is 2. The van der Waals surface area contributed by atoms with Crippen LogP contribution in [-0.4, -0.2) is 16.5 Å². The first-order valence-corrected chi connectivity index (χ1v) is 7.09. The van der Waals surface area contributed by atoms with Gasteiger partial charge in [-0.2, -0.15) is 0 Å². The van der Waals surface area contributed by atoms with E-state index in [2.05, 4.69) is 27.4 Å². The fourth-order valence-corrected chi connectivity index (χ4v) is 2.27. The van der Waals surface area contributed by atoms with Crippen molar-refractivity contribution < 1.29 is 0 Å². The van der Waals surface area contributed by atoms with Crippen molar-refractivity contribution in [3.05, 3.63) is 66.4 Å². The van der Waals surface area contributed by atoms with E-state index in [4.69, 9.17) is 5.73 Å². The van der Waals surface area contributed by atoms with Crippen LogP contribution in [0.4, 0.5) is 5.82 Å². The number of hydrogen-bond donors (Lipinski definition) is 2. The van der Waals surface area contributed by atoms with E-state index in [1.807, 2.05) is 42.5 Å². The molecule has 4 nitrogen and oxygen atoms in total. The first kappa shape index (κ1) is 13.5. The van der Waals surface area contributed by atoms with Gasteiger partial charge in [0.05, 0.1) is 17.2 Å². The lowest BCUT2D eigenvalue weighted by molar-refractivity contribution is 0.674. The lowest BCUT2D eigenvalue weighted by Gasteiger charge is -2.12. The Labute approximate surface area is 124 Å². The van der Waals surface area contributed by atoms with E-state index in [-0.39, 0.29) is 6.04 Å². The number of hydrogen-bond acceptors (Lipinski definition) is 4. The van der Waals surface area contributed by atoms with Crippen molar-refractivity contribution in [1.82, 2.24) is 9.97 Å². The number of benzene rings is 2. The zero-order valence-electron chi connectivity index (χ0n) is 11.7. The van der Waals surface area contributed by atoms with Crippen LogP contribution in [0.25, 0.3) is 11.0 Å². The molecule has 0 bridgehead atoms. The van der Waals surface area contributed by atoms with E-state index in [9.17, 15) is 0 Å². The van der Waals surface area contributed by atoms with Crippen molar-refractivity contribution in [2.45, 2.75) is 12.5 Å². The maximum absolute atomic E-state index is 6.17. The molecule has 1 aromatic heterocycles. The smallest absolute Gasteiger partial charge is 0.145 e. The van der Waals surface area contributed by atoms with Crippen molar-refractivity contribution >= 4 is 16.9 Å². The van der Waals surface area contributed by atoms with Gasteiger partial charge in [0.2, 0.25) is 0 Å². The molecule has 3 aromatic rings. The summed E-state index contributed by atoms with van der Waals surface area (Å²) >= 11 is 0. The molecule has 1 unspecified atom stereocenters. The van der Waals surface area contributed by atoms with E-state index >= 15 is 0 Å². The Kier molecular flexibility index (Phi) is 4.07. The standard InChI is InChI=1S/C17H18N4/c18-14(13-6-2-1-3-7-13)10-11-19-17-12-20-15-8-4-5-9-16(15)21-17/h1-9,12,14H,10-11,18H2,(H,19,21). The van der Waals surface area contributed by atoms with Gasteiger partial charge in [-0.05, 0) is 24.1 Å². The molecule has 106 valence electrons. The second-order valence-electron chi connectivity index (χ2n) is 4.98. The normalized spacial score (nSPS) is 12.2. The predicted octanol–water partition coefficient (Wildman–Crippen LogP) is 3.13. The Bertz CT molecular complexity index is 712. The Morgan fingerprint density at radius 1 is 0.952 bits per heavy atom. The molecular weight excluding hydrogens is 260 g/mol. The summed E-state index contributed by atoms with van der Waals surface area (Å²) in [4.78, 5) is 8.91.